The molecule has 1 saturated heterocycles. The normalized spacial score (nSPS) is 16.0. The van der Waals surface area contributed by atoms with Crippen LogP contribution in [0.3, 0.4) is 0 Å². The first-order chi connectivity index (χ1) is 18.4. The highest BCUT2D eigenvalue weighted by molar-refractivity contribution is 14.1. The van der Waals surface area contributed by atoms with Crippen molar-refractivity contribution in [1.29, 1.82) is 0 Å². The summed E-state index contributed by atoms with van der Waals surface area (Å²) < 4.78 is 20.0. The minimum Gasteiger partial charge on any atom is -0.491 e. The van der Waals surface area contributed by atoms with Crippen LogP contribution in [0, 0.1) is 9.39 Å². The number of carbonyl (C=O) groups is 2. The average Bonchev–Trinajstić information content (AvgIpc) is 3.53. The number of rotatable bonds is 9. The van der Waals surface area contributed by atoms with Gasteiger partial charge in [0, 0.05) is 9.99 Å². The summed E-state index contributed by atoms with van der Waals surface area (Å²) in [5, 5.41) is 11.7. The number of imidazole rings is 1. The van der Waals surface area contributed by atoms with Crippen LogP contribution in [0.15, 0.2) is 79.0 Å². The number of aliphatic hydroxyl groups excluding tert-OH is 1. The summed E-state index contributed by atoms with van der Waals surface area (Å²) in [5.41, 5.74) is 3.02. The maximum atomic E-state index is 13.6. The molecular weight excluding hydrogens is 602 g/mol. The number of hydrogen-bond acceptors (Lipinski definition) is 5. The first-order valence-electron chi connectivity index (χ1n) is 12.0. The Morgan fingerprint density at radius 3 is 2.42 bits per heavy atom. The van der Waals surface area contributed by atoms with E-state index in [4.69, 9.17) is 9.84 Å². The van der Waals surface area contributed by atoms with Gasteiger partial charge in [-0.05, 0) is 75.7 Å². The van der Waals surface area contributed by atoms with Crippen molar-refractivity contribution in [3.63, 3.8) is 0 Å². The molecule has 2 heterocycles. The van der Waals surface area contributed by atoms with Gasteiger partial charge in [-0.1, -0.05) is 36.4 Å². The molecule has 0 bridgehead atoms. The van der Waals surface area contributed by atoms with E-state index in [1.54, 1.807) is 42.6 Å². The van der Waals surface area contributed by atoms with E-state index in [1.165, 1.54) is 17.0 Å². The molecule has 0 spiro atoms. The molecule has 3 aromatic carbocycles. The predicted molar refractivity (Wildman–Crippen MR) is 147 cm³/mol. The fourth-order valence-electron chi connectivity index (χ4n) is 4.37. The second-order valence-electron chi connectivity index (χ2n) is 8.77. The molecule has 0 unspecified atom stereocenters. The van der Waals surface area contributed by atoms with Gasteiger partial charge in [-0.15, -0.1) is 0 Å². The number of aliphatic hydroxyl groups is 1. The van der Waals surface area contributed by atoms with Gasteiger partial charge in [0.1, 0.15) is 36.1 Å². The zero-order chi connectivity index (χ0) is 26.6. The fourth-order valence-corrected chi connectivity index (χ4v) is 4.73. The molecule has 3 amide bonds. The van der Waals surface area contributed by atoms with Gasteiger partial charge < -0.3 is 20.1 Å². The SMILES string of the molecule is O=C1N[C@@H](c2ccc(OCCO)cc2)C(=O)N1[C@H](Cc1ccc(F)cc1)c1ncc(-c2ccc(I)cc2)[nH]1. The molecule has 4 aromatic rings. The lowest BCUT2D eigenvalue weighted by Gasteiger charge is -2.24. The molecule has 0 radical (unpaired) electrons. The minimum atomic E-state index is -0.879. The lowest BCUT2D eigenvalue weighted by molar-refractivity contribution is -0.129. The van der Waals surface area contributed by atoms with E-state index >= 15 is 0 Å². The Morgan fingerprint density at radius 1 is 1.03 bits per heavy atom. The van der Waals surface area contributed by atoms with E-state index < -0.39 is 24.0 Å². The topological polar surface area (TPSA) is 108 Å². The van der Waals surface area contributed by atoms with Crippen molar-refractivity contribution in [2.75, 3.05) is 13.2 Å². The third kappa shape index (κ3) is 5.55. The lowest BCUT2D eigenvalue weighted by Crippen LogP contribution is -2.36. The maximum Gasteiger partial charge on any atom is 0.325 e. The Labute approximate surface area is 232 Å². The molecule has 10 heteroatoms. The van der Waals surface area contributed by atoms with Crippen molar-refractivity contribution in [1.82, 2.24) is 20.2 Å². The van der Waals surface area contributed by atoms with Crippen LogP contribution in [-0.2, 0) is 11.2 Å². The number of ether oxygens (including phenoxy) is 1. The number of hydrogen-bond donors (Lipinski definition) is 3. The van der Waals surface area contributed by atoms with Crippen LogP contribution in [0.2, 0.25) is 0 Å². The second kappa shape index (κ2) is 11.3. The third-order valence-corrected chi connectivity index (χ3v) is 6.98. The summed E-state index contributed by atoms with van der Waals surface area (Å²) in [6, 6.07) is 18.5. The summed E-state index contributed by atoms with van der Waals surface area (Å²) >= 11 is 2.23. The number of aromatic amines is 1. The van der Waals surface area contributed by atoms with E-state index in [2.05, 4.69) is 37.9 Å². The Bertz CT molecular complexity index is 1420. The number of imide groups is 1. The number of benzene rings is 3. The Morgan fingerprint density at radius 2 is 1.74 bits per heavy atom. The molecular formula is C28H24FIN4O4. The van der Waals surface area contributed by atoms with Crippen LogP contribution in [-0.4, -0.2) is 45.1 Å². The van der Waals surface area contributed by atoms with E-state index in [-0.39, 0.29) is 25.5 Å². The van der Waals surface area contributed by atoms with Gasteiger partial charge in [0.2, 0.25) is 0 Å². The standard InChI is InChI=1S/C28H24FIN4O4/c29-20-7-1-17(2-8-20)15-24(26-31-16-23(32-26)18-3-9-21(30)10-4-18)34-27(36)25(33-28(34)37)19-5-11-22(12-6-19)38-14-13-35/h1-12,16,24-25,35H,13-15H2,(H,31,32)(H,33,37)/t24-,25+/m1/s1. The third-order valence-electron chi connectivity index (χ3n) is 6.26. The van der Waals surface area contributed by atoms with Gasteiger partial charge in [0.05, 0.1) is 18.5 Å². The monoisotopic (exact) mass is 626 g/mol. The van der Waals surface area contributed by atoms with Crippen molar-refractivity contribution >= 4 is 34.5 Å². The number of H-pyrrole nitrogens is 1. The molecule has 5 rings (SSSR count). The van der Waals surface area contributed by atoms with E-state index in [0.29, 0.717) is 17.1 Å². The summed E-state index contributed by atoms with van der Waals surface area (Å²) in [5.74, 6) is 0.202. The van der Waals surface area contributed by atoms with Crippen LogP contribution in [0.1, 0.15) is 29.0 Å². The van der Waals surface area contributed by atoms with Gasteiger partial charge >= 0.3 is 6.03 Å². The van der Waals surface area contributed by atoms with Gasteiger partial charge in [0.25, 0.3) is 5.91 Å². The first-order valence-corrected chi connectivity index (χ1v) is 13.0. The number of aromatic nitrogens is 2. The number of nitrogens with zero attached hydrogens (tertiary/aromatic N) is 2. The van der Waals surface area contributed by atoms with Gasteiger partial charge in [-0.3, -0.25) is 9.69 Å². The van der Waals surface area contributed by atoms with Crippen LogP contribution in [0.4, 0.5) is 9.18 Å². The Kier molecular flexibility index (Phi) is 7.70. The molecule has 8 nitrogen and oxygen atoms in total. The molecule has 1 fully saturated rings. The van der Waals surface area contributed by atoms with Gasteiger partial charge in [-0.25, -0.2) is 14.2 Å². The number of urea groups is 1. The quantitative estimate of drug-likeness (QED) is 0.183. The Hall–Kier alpha value is -3.77. The van der Waals surface area contributed by atoms with Gasteiger partial charge in [-0.2, -0.15) is 0 Å². The van der Waals surface area contributed by atoms with E-state index in [1.807, 2.05) is 24.3 Å². The molecule has 3 N–H and O–H groups in total. The predicted octanol–water partition coefficient (Wildman–Crippen LogP) is 4.77. The summed E-state index contributed by atoms with van der Waals surface area (Å²) in [4.78, 5) is 35.8. The van der Waals surface area contributed by atoms with Crippen LogP contribution >= 0.6 is 22.6 Å². The molecule has 1 aliphatic heterocycles. The highest BCUT2D eigenvalue weighted by Gasteiger charge is 2.44. The van der Waals surface area contributed by atoms with Gasteiger partial charge in [0.15, 0.2) is 0 Å². The molecule has 0 aliphatic carbocycles. The lowest BCUT2D eigenvalue weighted by atomic mass is 10.0. The number of carbonyl (C=O) groups excluding carboxylic acids is 2. The van der Waals surface area contributed by atoms with E-state index in [9.17, 15) is 14.0 Å². The molecule has 1 aliphatic rings. The van der Waals surface area contributed by atoms with Crippen LogP contribution in [0.25, 0.3) is 11.3 Å². The van der Waals surface area contributed by atoms with Crippen molar-refractivity contribution in [3.05, 3.63) is 105 Å². The highest BCUT2D eigenvalue weighted by atomic mass is 127. The number of halogens is 2. The van der Waals surface area contributed by atoms with Crippen LogP contribution < -0.4 is 10.1 Å². The number of amides is 3. The van der Waals surface area contributed by atoms with Crippen molar-refractivity contribution in [3.8, 4) is 17.0 Å². The Balaban J connectivity index is 1.45. The maximum absolute atomic E-state index is 13.6. The summed E-state index contributed by atoms with van der Waals surface area (Å²) in [6.07, 6.45) is 1.93. The van der Waals surface area contributed by atoms with Crippen molar-refractivity contribution in [2.45, 2.75) is 18.5 Å². The highest BCUT2D eigenvalue weighted by Crippen LogP contribution is 2.33. The molecule has 194 valence electrons. The van der Waals surface area contributed by atoms with Crippen molar-refractivity contribution in [2.24, 2.45) is 0 Å². The molecule has 0 saturated carbocycles. The first kappa shape index (κ1) is 25.9. The summed E-state index contributed by atoms with van der Waals surface area (Å²) in [7, 11) is 0. The molecule has 38 heavy (non-hydrogen) atoms. The zero-order valence-corrected chi connectivity index (χ0v) is 22.3. The smallest absolute Gasteiger partial charge is 0.325 e. The van der Waals surface area contributed by atoms with E-state index in [0.717, 1.165) is 20.4 Å². The van der Waals surface area contributed by atoms with Crippen molar-refractivity contribution < 1.29 is 23.8 Å². The zero-order valence-electron chi connectivity index (χ0n) is 20.1. The average molecular weight is 626 g/mol. The minimum absolute atomic E-state index is 0.110. The summed E-state index contributed by atoms with van der Waals surface area (Å²) in [6.45, 7) is 0.0476. The molecule has 2 atom stereocenters. The largest absolute Gasteiger partial charge is 0.491 e. The molecule has 1 aromatic heterocycles. The fraction of sp³-hybridized carbons (Fsp3) is 0.179. The second-order valence-corrected chi connectivity index (χ2v) is 10.0. The number of nitrogens with one attached hydrogen (secondary N) is 2. The van der Waals surface area contributed by atoms with Crippen LogP contribution in [0.5, 0.6) is 5.75 Å².